The SMILES string of the molecule is C=C(C)C(C(/C=C\CC/C(=C\C)CCC)=C/C)c1ccc(C(C)(C)C)cc1.C=CC.CN(C)C. The molecule has 1 aromatic carbocycles. The Morgan fingerprint density at radius 3 is 1.82 bits per heavy atom. The Kier molecular flexibility index (Phi) is 19.2. The molecule has 0 aliphatic heterocycles. The molecule has 0 heterocycles. The van der Waals surface area contributed by atoms with Gasteiger partial charge < -0.3 is 4.90 Å². The fourth-order valence-corrected chi connectivity index (χ4v) is 3.52. The molecule has 0 aliphatic carbocycles. The molecule has 0 spiro atoms. The van der Waals surface area contributed by atoms with E-state index in [0.717, 1.165) is 12.8 Å². The van der Waals surface area contributed by atoms with Crippen LogP contribution in [0.4, 0.5) is 0 Å². The first-order valence-corrected chi connectivity index (χ1v) is 12.8. The molecule has 1 nitrogen and oxygen atoms in total. The molecule has 0 N–H and O–H groups in total. The Labute approximate surface area is 214 Å². The van der Waals surface area contributed by atoms with E-state index in [1.807, 2.05) is 33.0 Å². The summed E-state index contributed by atoms with van der Waals surface area (Å²) in [6, 6.07) is 9.09. The average Bonchev–Trinajstić information content (AvgIpc) is 2.74. The molecule has 1 rings (SSSR count). The van der Waals surface area contributed by atoms with E-state index in [1.165, 1.54) is 35.1 Å². The predicted octanol–water partition coefficient (Wildman–Crippen LogP) is 10.0. The minimum atomic E-state index is 0.184. The number of nitrogens with zero attached hydrogens (tertiary/aromatic N) is 1. The summed E-state index contributed by atoms with van der Waals surface area (Å²) in [4.78, 5) is 2.00. The van der Waals surface area contributed by atoms with Crippen molar-refractivity contribution in [3.63, 3.8) is 0 Å². The Bertz CT molecular complexity index is 761. The van der Waals surface area contributed by atoms with Crippen molar-refractivity contribution in [1.29, 1.82) is 0 Å². The molecule has 0 aliphatic rings. The standard InChI is InChI=1S/C27H40.C3H9N.C3H6/c1-9-14-22(10-2)15-12-13-16-23(11-3)26(21(4)5)24-17-19-25(20-18-24)27(6,7)8;1-4(2)3;1-3-2/h10-11,13,16-20,26H,4,9,12,14-15H2,1-3,5-8H3;1-3H3;3H,1H2,2H3/b16-13-,22-10-,23-11+;;. The maximum absolute atomic E-state index is 4.28. The van der Waals surface area contributed by atoms with Gasteiger partial charge in [-0.1, -0.05) is 106 Å². The van der Waals surface area contributed by atoms with Gasteiger partial charge in [-0.15, -0.1) is 6.58 Å². The molecular formula is C33H55N. The van der Waals surface area contributed by atoms with Gasteiger partial charge in [-0.25, -0.2) is 0 Å². The number of hydrogen-bond acceptors (Lipinski definition) is 1. The molecule has 0 bridgehead atoms. The number of benzene rings is 1. The molecule has 34 heavy (non-hydrogen) atoms. The van der Waals surface area contributed by atoms with Crippen LogP contribution in [-0.2, 0) is 5.41 Å². The van der Waals surface area contributed by atoms with Gasteiger partial charge in [0.05, 0.1) is 0 Å². The summed E-state index contributed by atoms with van der Waals surface area (Å²) in [5.41, 5.74) is 6.98. The van der Waals surface area contributed by atoms with Gasteiger partial charge in [-0.05, 0) is 90.2 Å². The first kappa shape index (κ1) is 34.0. The van der Waals surface area contributed by atoms with E-state index in [4.69, 9.17) is 0 Å². The van der Waals surface area contributed by atoms with Gasteiger partial charge in [0.15, 0.2) is 0 Å². The molecular weight excluding hydrogens is 410 g/mol. The Morgan fingerprint density at radius 1 is 0.971 bits per heavy atom. The van der Waals surface area contributed by atoms with Crippen LogP contribution < -0.4 is 0 Å². The second-order valence-corrected chi connectivity index (χ2v) is 10.3. The summed E-state index contributed by atoms with van der Waals surface area (Å²) in [5, 5.41) is 0. The van der Waals surface area contributed by atoms with Crippen molar-refractivity contribution in [3.05, 3.63) is 95.6 Å². The first-order valence-electron chi connectivity index (χ1n) is 12.8. The molecule has 0 saturated heterocycles. The van der Waals surface area contributed by atoms with Gasteiger partial charge >= 0.3 is 0 Å². The summed E-state index contributed by atoms with van der Waals surface area (Å²) in [6.45, 7) is 25.0. The average molecular weight is 466 g/mol. The van der Waals surface area contributed by atoms with Crippen molar-refractivity contribution in [2.24, 2.45) is 0 Å². The smallest absolute Gasteiger partial charge is 0.0290 e. The van der Waals surface area contributed by atoms with Crippen molar-refractivity contribution in [1.82, 2.24) is 4.90 Å². The summed E-state index contributed by atoms with van der Waals surface area (Å²) >= 11 is 0. The van der Waals surface area contributed by atoms with Crippen LogP contribution in [0.15, 0.2) is 84.5 Å². The van der Waals surface area contributed by atoms with Crippen LogP contribution in [0, 0.1) is 0 Å². The number of allylic oxidation sites excluding steroid dienone is 8. The van der Waals surface area contributed by atoms with Crippen molar-refractivity contribution in [3.8, 4) is 0 Å². The fourth-order valence-electron chi connectivity index (χ4n) is 3.52. The molecule has 0 amide bonds. The van der Waals surface area contributed by atoms with Gasteiger partial charge in [-0.3, -0.25) is 0 Å². The lowest BCUT2D eigenvalue weighted by Gasteiger charge is -2.23. The Morgan fingerprint density at radius 2 is 1.47 bits per heavy atom. The highest BCUT2D eigenvalue weighted by Crippen LogP contribution is 2.33. The first-order chi connectivity index (χ1) is 15.9. The zero-order chi connectivity index (χ0) is 26.7. The monoisotopic (exact) mass is 465 g/mol. The lowest BCUT2D eigenvalue weighted by Crippen LogP contribution is -2.11. The fraction of sp³-hybridized carbons (Fsp3) is 0.515. The van der Waals surface area contributed by atoms with Gasteiger partial charge in [0.25, 0.3) is 0 Å². The van der Waals surface area contributed by atoms with E-state index in [-0.39, 0.29) is 11.3 Å². The minimum absolute atomic E-state index is 0.184. The molecule has 0 saturated carbocycles. The molecule has 1 unspecified atom stereocenters. The molecule has 0 radical (unpaired) electrons. The van der Waals surface area contributed by atoms with Gasteiger partial charge in [0.2, 0.25) is 0 Å². The molecule has 192 valence electrons. The summed E-state index contributed by atoms with van der Waals surface area (Å²) in [7, 11) is 6.00. The molecule has 0 fully saturated rings. The van der Waals surface area contributed by atoms with Crippen LogP contribution in [-0.4, -0.2) is 26.0 Å². The van der Waals surface area contributed by atoms with Gasteiger partial charge in [-0.2, -0.15) is 0 Å². The van der Waals surface area contributed by atoms with Crippen molar-refractivity contribution >= 4 is 0 Å². The Hall–Kier alpha value is -2.12. The maximum atomic E-state index is 4.28. The summed E-state index contributed by atoms with van der Waals surface area (Å²) < 4.78 is 0. The summed E-state index contributed by atoms with van der Waals surface area (Å²) in [5.74, 6) is 0.261. The quantitative estimate of drug-likeness (QED) is 0.259. The van der Waals surface area contributed by atoms with Crippen LogP contribution in [0.1, 0.15) is 98.1 Å². The van der Waals surface area contributed by atoms with Gasteiger partial charge in [0, 0.05) is 5.92 Å². The van der Waals surface area contributed by atoms with E-state index in [2.05, 4.69) is 110 Å². The van der Waals surface area contributed by atoms with Crippen LogP contribution in [0.5, 0.6) is 0 Å². The van der Waals surface area contributed by atoms with Crippen molar-refractivity contribution in [2.45, 2.75) is 92.4 Å². The van der Waals surface area contributed by atoms with Crippen LogP contribution in [0.3, 0.4) is 0 Å². The van der Waals surface area contributed by atoms with Crippen LogP contribution in [0.2, 0.25) is 0 Å². The molecule has 1 heteroatoms. The molecule has 0 aromatic heterocycles. The highest BCUT2D eigenvalue weighted by Gasteiger charge is 2.18. The maximum Gasteiger partial charge on any atom is 0.0290 e. The van der Waals surface area contributed by atoms with E-state index in [0.29, 0.717) is 0 Å². The predicted molar refractivity (Wildman–Crippen MR) is 159 cm³/mol. The highest BCUT2D eigenvalue weighted by molar-refractivity contribution is 5.43. The third-order valence-electron chi connectivity index (χ3n) is 5.19. The second kappa shape index (κ2) is 19.2. The Balaban J connectivity index is 0. The van der Waals surface area contributed by atoms with Crippen molar-refractivity contribution in [2.75, 3.05) is 21.1 Å². The zero-order valence-electron chi connectivity index (χ0n) is 24.5. The third-order valence-corrected chi connectivity index (χ3v) is 5.19. The molecule has 1 atom stereocenters. The van der Waals surface area contributed by atoms with E-state index < -0.39 is 0 Å². The number of rotatable bonds is 9. The lowest BCUT2D eigenvalue weighted by molar-refractivity contribution is 0.505. The van der Waals surface area contributed by atoms with Gasteiger partial charge in [0.1, 0.15) is 0 Å². The molecule has 1 aromatic rings. The zero-order valence-corrected chi connectivity index (χ0v) is 24.5. The second-order valence-electron chi connectivity index (χ2n) is 10.3. The highest BCUT2D eigenvalue weighted by atomic mass is 15.0. The van der Waals surface area contributed by atoms with Crippen LogP contribution in [0.25, 0.3) is 0 Å². The van der Waals surface area contributed by atoms with E-state index in [9.17, 15) is 0 Å². The van der Waals surface area contributed by atoms with Crippen molar-refractivity contribution < 1.29 is 0 Å². The lowest BCUT2D eigenvalue weighted by atomic mass is 9.82. The normalized spacial score (nSPS) is 13.1. The van der Waals surface area contributed by atoms with Crippen LogP contribution >= 0.6 is 0 Å². The van der Waals surface area contributed by atoms with E-state index in [1.54, 1.807) is 11.6 Å². The van der Waals surface area contributed by atoms with E-state index >= 15 is 0 Å². The number of hydrogen-bond donors (Lipinski definition) is 0. The largest absolute Gasteiger partial charge is 0.312 e. The summed E-state index contributed by atoms with van der Waals surface area (Å²) in [6.07, 6.45) is 15.6. The third kappa shape index (κ3) is 15.7. The topological polar surface area (TPSA) is 3.24 Å². The minimum Gasteiger partial charge on any atom is -0.312 e.